The summed E-state index contributed by atoms with van der Waals surface area (Å²) in [4.78, 5) is 15.8. The number of aromatic nitrogens is 2. The van der Waals surface area contributed by atoms with Crippen LogP contribution < -0.4 is 11.1 Å². The van der Waals surface area contributed by atoms with Gasteiger partial charge in [-0.1, -0.05) is 5.16 Å². The smallest absolute Gasteiger partial charge is 0.227 e. The van der Waals surface area contributed by atoms with Crippen molar-refractivity contribution in [2.45, 2.75) is 19.4 Å². The second-order valence-corrected chi connectivity index (χ2v) is 4.08. The van der Waals surface area contributed by atoms with E-state index in [9.17, 15) is 4.79 Å². The van der Waals surface area contributed by atoms with Crippen LogP contribution in [0.5, 0.6) is 0 Å². The van der Waals surface area contributed by atoms with Crippen LogP contribution in [0, 0.1) is 12.8 Å². The molecule has 2 rings (SSSR count). The Hall–Kier alpha value is -1.47. The summed E-state index contributed by atoms with van der Waals surface area (Å²) >= 11 is 0. The lowest BCUT2D eigenvalue weighted by atomic mass is 10.0. The van der Waals surface area contributed by atoms with E-state index in [2.05, 4.69) is 15.5 Å². The van der Waals surface area contributed by atoms with Crippen molar-refractivity contribution in [1.82, 2.24) is 15.5 Å². The molecule has 7 nitrogen and oxygen atoms in total. The van der Waals surface area contributed by atoms with Gasteiger partial charge in [0.05, 0.1) is 19.1 Å². The van der Waals surface area contributed by atoms with Crippen molar-refractivity contribution in [1.29, 1.82) is 0 Å². The first-order valence-electron chi connectivity index (χ1n) is 5.57. The molecule has 1 aromatic rings. The zero-order chi connectivity index (χ0) is 12.3. The number of nitrogens with two attached hydrogens (primary N) is 1. The number of nitrogens with one attached hydrogen (secondary N) is 1. The molecule has 0 radical (unpaired) electrons. The number of carbonyl (C=O) groups excluding carboxylic acids is 1. The SMILES string of the molecule is Cc1nc(CCNC(=O)C2COCC2N)no1. The summed E-state index contributed by atoms with van der Waals surface area (Å²) < 4.78 is 9.96. The average molecular weight is 240 g/mol. The van der Waals surface area contributed by atoms with Crippen LogP contribution in [0.25, 0.3) is 0 Å². The zero-order valence-electron chi connectivity index (χ0n) is 9.68. The third-order valence-corrected chi connectivity index (χ3v) is 2.68. The number of amides is 1. The van der Waals surface area contributed by atoms with Gasteiger partial charge >= 0.3 is 0 Å². The molecule has 1 saturated heterocycles. The van der Waals surface area contributed by atoms with Crippen molar-refractivity contribution < 1.29 is 14.1 Å². The van der Waals surface area contributed by atoms with E-state index in [0.29, 0.717) is 37.9 Å². The highest BCUT2D eigenvalue weighted by atomic mass is 16.5. The first-order chi connectivity index (χ1) is 8.16. The van der Waals surface area contributed by atoms with E-state index in [1.165, 1.54) is 0 Å². The minimum Gasteiger partial charge on any atom is -0.379 e. The van der Waals surface area contributed by atoms with E-state index in [-0.39, 0.29) is 17.9 Å². The summed E-state index contributed by atoms with van der Waals surface area (Å²) in [5.74, 6) is 0.796. The molecule has 2 heterocycles. The van der Waals surface area contributed by atoms with Gasteiger partial charge in [-0.25, -0.2) is 0 Å². The lowest BCUT2D eigenvalue weighted by Gasteiger charge is -2.12. The molecule has 2 unspecified atom stereocenters. The van der Waals surface area contributed by atoms with E-state index in [0.717, 1.165) is 0 Å². The van der Waals surface area contributed by atoms with E-state index in [4.69, 9.17) is 15.0 Å². The molecular formula is C10H16N4O3. The van der Waals surface area contributed by atoms with Gasteiger partial charge < -0.3 is 20.3 Å². The number of hydrogen-bond acceptors (Lipinski definition) is 6. The topological polar surface area (TPSA) is 103 Å². The van der Waals surface area contributed by atoms with Crippen LogP contribution in [-0.2, 0) is 16.0 Å². The molecule has 94 valence electrons. The fraction of sp³-hybridized carbons (Fsp3) is 0.700. The van der Waals surface area contributed by atoms with Crippen molar-refractivity contribution in [2.75, 3.05) is 19.8 Å². The number of carbonyl (C=O) groups is 1. The Morgan fingerprint density at radius 2 is 2.41 bits per heavy atom. The molecule has 0 aromatic carbocycles. The van der Waals surface area contributed by atoms with Crippen LogP contribution in [0.2, 0.25) is 0 Å². The maximum Gasteiger partial charge on any atom is 0.227 e. The summed E-state index contributed by atoms with van der Waals surface area (Å²) in [6, 6.07) is -0.206. The van der Waals surface area contributed by atoms with Gasteiger partial charge in [0.25, 0.3) is 0 Å². The molecule has 0 bridgehead atoms. The Bertz CT molecular complexity index is 393. The summed E-state index contributed by atoms with van der Waals surface area (Å²) in [6.07, 6.45) is 0.548. The molecule has 1 aromatic heterocycles. The Labute approximate surface area is 98.7 Å². The molecule has 2 atom stereocenters. The van der Waals surface area contributed by atoms with Crippen LogP contribution in [0.15, 0.2) is 4.52 Å². The molecule has 1 fully saturated rings. The van der Waals surface area contributed by atoms with Gasteiger partial charge in [-0.3, -0.25) is 4.79 Å². The maximum atomic E-state index is 11.7. The van der Waals surface area contributed by atoms with Crippen LogP contribution >= 0.6 is 0 Å². The number of aryl methyl sites for hydroxylation is 1. The molecule has 0 aliphatic carbocycles. The predicted molar refractivity (Wildman–Crippen MR) is 58.0 cm³/mol. The van der Waals surface area contributed by atoms with Gasteiger partial charge in [0.1, 0.15) is 0 Å². The van der Waals surface area contributed by atoms with Crippen LogP contribution in [0.3, 0.4) is 0 Å². The van der Waals surface area contributed by atoms with Crippen molar-refractivity contribution in [2.24, 2.45) is 11.7 Å². The first kappa shape index (κ1) is 12.0. The molecule has 17 heavy (non-hydrogen) atoms. The monoisotopic (exact) mass is 240 g/mol. The fourth-order valence-corrected chi connectivity index (χ4v) is 1.71. The number of nitrogens with zero attached hydrogens (tertiary/aromatic N) is 2. The van der Waals surface area contributed by atoms with Crippen molar-refractivity contribution >= 4 is 5.91 Å². The summed E-state index contributed by atoms with van der Waals surface area (Å²) in [6.45, 7) is 3.04. The van der Waals surface area contributed by atoms with Crippen molar-refractivity contribution in [3.63, 3.8) is 0 Å². The Morgan fingerprint density at radius 3 is 3.00 bits per heavy atom. The molecule has 3 N–H and O–H groups in total. The Morgan fingerprint density at radius 1 is 1.59 bits per heavy atom. The van der Waals surface area contributed by atoms with Crippen LogP contribution in [0.4, 0.5) is 0 Å². The van der Waals surface area contributed by atoms with Gasteiger partial charge in [0.15, 0.2) is 5.82 Å². The first-order valence-corrected chi connectivity index (χ1v) is 5.57. The van der Waals surface area contributed by atoms with Crippen LogP contribution in [-0.4, -0.2) is 41.8 Å². The normalized spacial score (nSPS) is 23.9. The highest BCUT2D eigenvalue weighted by molar-refractivity contribution is 5.79. The summed E-state index contributed by atoms with van der Waals surface area (Å²) in [5, 5.41) is 6.53. The van der Waals surface area contributed by atoms with Crippen molar-refractivity contribution in [3.05, 3.63) is 11.7 Å². The molecule has 1 aliphatic rings. The highest BCUT2D eigenvalue weighted by Gasteiger charge is 2.30. The highest BCUT2D eigenvalue weighted by Crippen LogP contribution is 2.11. The van der Waals surface area contributed by atoms with Gasteiger partial charge in [-0.15, -0.1) is 0 Å². The molecule has 7 heteroatoms. The lowest BCUT2D eigenvalue weighted by Crippen LogP contribution is -2.41. The largest absolute Gasteiger partial charge is 0.379 e. The molecule has 1 aliphatic heterocycles. The third-order valence-electron chi connectivity index (χ3n) is 2.68. The quantitative estimate of drug-likeness (QED) is 0.700. The molecule has 0 saturated carbocycles. The Balaban J connectivity index is 1.73. The molecule has 0 spiro atoms. The van der Waals surface area contributed by atoms with Gasteiger partial charge in [-0.05, 0) is 0 Å². The number of ether oxygens (including phenoxy) is 1. The van der Waals surface area contributed by atoms with Gasteiger partial charge in [0, 0.05) is 25.9 Å². The minimum atomic E-state index is -0.248. The second kappa shape index (κ2) is 5.24. The molecule has 1 amide bonds. The average Bonchev–Trinajstić information content (AvgIpc) is 2.87. The standard InChI is InChI=1S/C10H16N4O3/c1-6-13-9(14-17-6)2-3-12-10(15)7-4-16-5-8(7)11/h7-8H,2-5,11H2,1H3,(H,12,15). The number of hydrogen-bond donors (Lipinski definition) is 2. The fourth-order valence-electron chi connectivity index (χ4n) is 1.71. The van der Waals surface area contributed by atoms with Gasteiger partial charge in [0.2, 0.25) is 11.8 Å². The second-order valence-electron chi connectivity index (χ2n) is 4.08. The summed E-state index contributed by atoms with van der Waals surface area (Å²) in [7, 11) is 0. The van der Waals surface area contributed by atoms with E-state index in [1.54, 1.807) is 6.92 Å². The maximum absolute atomic E-state index is 11.7. The molecular weight excluding hydrogens is 224 g/mol. The Kier molecular flexibility index (Phi) is 3.70. The lowest BCUT2D eigenvalue weighted by molar-refractivity contribution is -0.125. The zero-order valence-corrected chi connectivity index (χ0v) is 9.68. The predicted octanol–water partition coefficient (Wildman–Crippen LogP) is -0.990. The van der Waals surface area contributed by atoms with Gasteiger partial charge in [-0.2, -0.15) is 4.98 Å². The van der Waals surface area contributed by atoms with E-state index in [1.807, 2.05) is 0 Å². The van der Waals surface area contributed by atoms with Crippen molar-refractivity contribution in [3.8, 4) is 0 Å². The van der Waals surface area contributed by atoms with E-state index >= 15 is 0 Å². The van der Waals surface area contributed by atoms with E-state index < -0.39 is 0 Å². The minimum absolute atomic E-state index is 0.0739. The third kappa shape index (κ3) is 3.01. The van der Waals surface area contributed by atoms with Crippen LogP contribution in [0.1, 0.15) is 11.7 Å². The number of rotatable bonds is 4. The summed E-state index contributed by atoms with van der Waals surface area (Å²) in [5.41, 5.74) is 5.74.